The molecule has 0 saturated heterocycles. The minimum absolute atomic E-state index is 0.225. The Balaban J connectivity index is 2.69. The molecule has 0 unspecified atom stereocenters. The quantitative estimate of drug-likeness (QED) is 0.645. The molecular formula is C10H8BNO2. The van der Waals surface area contributed by atoms with Gasteiger partial charge in [-0.15, -0.1) is 0 Å². The van der Waals surface area contributed by atoms with Crippen LogP contribution in [0, 0.1) is 0 Å². The number of pyridine rings is 1. The first-order valence-corrected chi connectivity index (χ1v) is 4.26. The van der Waals surface area contributed by atoms with Crippen molar-refractivity contribution in [1.82, 2.24) is 4.98 Å². The van der Waals surface area contributed by atoms with Crippen molar-refractivity contribution in [2.24, 2.45) is 0 Å². The molecule has 0 aliphatic heterocycles. The van der Waals surface area contributed by atoms with Crippen LogP contribution >= 0.6 is 0 Å². The molecule has 0 aliphatic carbocycles. The summed E-state index contributed by atoms with van der Waals surface area (Å²) in [6.45, 7) is 0. The van der Waals surface area contributed by atoms with E-state index in [9.17, 15) is 4.79 Å². The number of aromatic carboxylic acids is 1. The minimum atomic E-state index is -0.944. The third kappa shape index (κ3) is 1.46. The highest BCUT2D eigenvalue weighted by molar-refractivity contribution is 6.33. The predicted octanol–water partition coefficient (Wildman–Crippen LogP) is 0.191. The van der Waals surface area contributed by atoms with Crippen molar-refractivity contribution in [2.45, 2.75) is 0 Å². The minimum Gasteiger partial charge on any atom is -0.478 e. The van der Waals surface area contributed by atoms with E-state index in [1.54, 1.807) is 6.07 Å². The van der Waals surface area contributed by atoms with Crippen LogP contribution < -0.4 is 5.46 Å². The summed E-state index contributed by atoms with van der Waals surface area (Å²) in [5, 5.41) is 9.64. The maximum absolute atomic E-state index is 10.7. The summed E-state index contributed by atoms with van der Waals surface area (Å²) < 4.78 is 0. The number of carbonyl (C=O) groups is 1. The molecule has 2 aromatic rings. The molecule has 0 fully saturated rings. The molecule has 0 aliphatic rings. The van der Waals surface area contributed by atoms with Gasteiger partial charge >= 0.3 is 5.97 Å². The van der Waals surface area contributed by atoms with E-state index in [1.165, 1.54) is 6.20 Å². The SMILES string of the molecule is Bc1ccc2ncc(C(=O)O)cc2c1. The van der Waals surface area contributed by atoms with Crippen LogP contribution in [0.5, 0.6) is 0 Å². The van der Waals surface area contributed by atoms with E-state index in [2.05, 4.69) is 4.98 Å². The maximum Gasteiger partial charge on any atom is 0.337 e. The van der Waals surface area contributed by atoms with Gasteiger partial charge in [-0.3, -0.25) is 4.98 Å². The second-order valence-electron chi connectivity index (χ2n) is 3.23. The van der Waals surface area contributed by atoms with Crippen LogP contribution in [0.25, 0.3) is 10.9 Å². The standard InChI is InChI=1S/C10H8BNO2/c11-8-1-2-9-6(4-8)3-7(5-12-9)10(13)14/h1-5H,11H2,(H,13,14). The van der Waals surface area contributed by atoms with Crippen molar-refractivity contribution in [3.05, 3.63) is 36.0 Å². The zero-order valence-corrected chi connectivity index (χ0v) is 7.69. The van der Waals surface area contributed by atoms with Gasteiger partial charge < -0.3 is 5.11 Å². The van der Waals surface area contributed by atoms with Crippen LogP contribution in [0.4, 0.5) is 0 Å². The highest BCUT2D eigenvalue weighted by atomic mass is 16.4. The highest BCUT2D eigenvalue weighted by Gasteiger charge is 2.03. The summed E-state index contributed by atoms with van der Waals surface area (Å²) in [6.07, 6.45) is 1.38. The normalized spacial score (nSPS) is 10.3. The molecule has 4 heteroatoms. The lowest BCUT2D eigenvalue weighted by molar-refractivity contribution is 0.0696. The topological polar surface area (TPSA) is 50.2 Å². The summed E-state index contributed by atoms with van der Waals surface area (Å²) in [5.74, 6) is -0.944. The third-order valence-electron chi connectivity index (χ3n) is 2.08. The zero-order chi connectivity index (χ0) is 10.1. The number of nitrogens with zero attached hydrogens (tertiary/aromatic N) is 1. The highest BCUT2D eigenvalue weighted by Crippen LogP contribution is 2.11. The molecule has 3 nitrogen and oxygen atoms in total. The van der Waals surface area contributed by atoms with Gasteiger partial charge in [0.1, 0.15) is 7.85 Å². The molecule has 68 valence electrons. The van der Waals surface area contributed by atoms with Crippen molar-refractivity contribution in [2.75, 3.05) is 0 Å². The first-order valence-electron chi connectivity index (χ1n) is 4.26. The molecule has 0 spiro atoms. The monoisotopic (exact) mass is 185 g/mol. The Hall–Kier alpha value is -1.84. The van der Waals surface area contributed by atoms with Crippen LogP contribution in [-0.4, -0.2) is 23.9 Å². The first kappa shape index (κ1) is 8.75. The molecule has 0 radical (unpaired) electrons. The maximum atomic E-state index is 10.7. The molecule has 0 amide bonds. The molecular weight excluding hydrogens is 177 g/mol. The number of rotatable bonds is 1. The summed E-state index contributed by atoms with van der Waals surface area (Å²) in [7, 11) is 1.97. The Labute approximate surface area is 81.8 Å². The van der Waals surface area contributed by atoms with Crippen LogP contribution in [0.1, 0.15) is 10.4 Å². The molecule has 14 heavy (non-hydrogen) atoms. The van der Waals surface area contributed by atoms with E-state index < -0.39 is 5.97 Å². The molecule has 1 aromatic carbocycles. The fourth-order valence-electron chi connectivity index (χ4n) is 1.37. The number of hydrogen-bond acceptors (Lipinski definition) is 2. The molecule has 0 atom stereocenters. The number of carboxylic acid groups (broad SMARTS) is 1. The molecule has 2 rings (SSSR count). The molecule has 1 heterocycles. The van der Waals surface area contributed by atoms with Gasteiger partial charge in [0.05, 0.1) is 11.1 Å². The number of carboxylic acids is 1. The van der Waals surface area contributed by atoms with Crippen LogP contribution in [0.2, 0.25) is 0 Å². The van der Waals surface area contributed by atoms with Gasteiger partial charge in [-0.05, 0) is 12.1 Å². The summed E-state index contributed by atoms with van der Waals surface area (Å²) in [5.41, 5.74) is 2.14. The Morgan fingerprint density at radius 2 is 2.14 bits per heavy atom. The molecule has 1 aromatic heterocycles. The van der Waals surface area contributed by atoms with Gasteiger partial charge in [-0.2, -0.15) is 0 Å². The predicted molar refractivity (Wildman–Crippen MR) is 56.9 cm³/mol. The largest absolute Gasteiger partial charge is 0.478 e. The van der Waals surface area contributed by atoms with Gasteiger partial charge in [-0.25, -0.2) is 4.79 Å². The lowest BCUT2D eigenvalue weighted by Crippen LogP contribution is -2.02. The lowest BCUT2D eigenvalue weighted by atomic mass is 9.94. The number of benzene rings is 1. The van der Waals surface area contributed by atoms with E-state index >= 15 is 0 Å². The van der Waals surface area contributed by atoms with Crippen LogP contribution in [0.3, 0.4) is 0 Å². The Morgan fingerprint density at radius 3 is 2.86 bits per heavy atom. The Kier molecular flexibility index (Phi) is 1.96. The van der Waals surface area contributed by atoms with Crippen LogP contribution in [0.15, 0.2) is 30.5 Å². The molecule has 0 bridgehead atoms. The van der Waals surface area contributed by atoms with Gasteiger partial charge in [0.2, 0.25) is 0 Å². The average Bonchev–Trinajstić information content (AvgIpc) is 2.16. The van der Waals surface area contributed by atoms with E-state index in [4.69, 9.17) is 5.11 Å². The van der Waals surface area contributed by atoms with Crippen molar-refractivity contribution in [3.63, 3.8) is 0 Å². The van der Waals surface area contributed by atoms with E-state index in [1.807, 2.05) is 26.0 Å². The Morgan fingerprint density at radius 1 is 1.36 bits per heavy atom. The first-order chi connectivity index (χ1) is 6.66. The van der Waals surface area contributed by atoms with Crippen LogP contribution in [-0.2, 0) is 0 Å². The van der Waals surface area contributed by atoms with Gasteiger partial charge in [0, 0.05) is 11.6 Å². The lowest BCUT2D eigenvalue weighted by Gasteiger charge is -1.99. The van der Waals surface area contributed by atoms with Crippen molar-refractivity contribution in [3.8, 4) is 0 Å². The molecule has 1 N–H and O–H groups in total. The van der Waals surface area contributed by atoms with E-state index in [-0.39, 0.29) is 5.56 Å². The number of hydrogen-bond donors (Lipinski definition) is 1. The fraction of sp³-hybridized carbons (Fsp3) is 0. The van der Waals surface area contributed by atoms with E-state index in [0.29, 0.717) is 0 Å². The van der Waals surface area contributed by atoms with Gasteiger partial charge in [-0.1, -0.05) is 17.6 Å². The molecule has 0 saturated carbocycles. The Bertz CT molecular complexity index is 510. The summed E-state index contributed by atoms with van der Waals surface area (Å²) in [4.78, 5) is 14.8. The van der Waals surface area contributed by atoms with E-state index in [0.717, 1.165) is 16.4 Å². The third-order valence-corrected chi connectivity index (χ3v) is 2.08. The number of aromatic nitrogens is 1. The fourth-order valence-corrected chi connectivity index (χ4v) is 1.37. The summed E-state index contributed by atoms with van der Waals surface area (Å²) >= 11 is 0. The average molecular weight is 185 g/mol. The zero-order valence-electron chi connectivity index (χ0n) is 7.69. The second kappa shape index (κ2) is 3.14. The van der Waals surface area contributed by atoms with Crippen molar-refractivity contribution >= 4 is 30.2 Å². The number of fused-ring (bicyclic) bond motifs is 1. The van der Waals surface area contributed by atoms with Crippen molar-refractivity contribution in [1.29, 1.82) is 0 Å². The second-order valence-corrected chi connectivity index (χ2v) is 3.23. The van der Waals surface area contributed by atoms with Crippen molar-refractivity contribution < 1.29 is 9.90 Å². The van der Waals surface area contributed by atoms with Gasteiger partial charge in [0.25, 0.3) is 0 Å². The summed E-state index contributed by atoms with van der Waals surface area (Å²) in [6, 6.07) is 7.40. The smallest absolute Gasteiger partial charge is 0.337 e. The van der Waals surface area contributed by atoms with Gasteiger partial charge in [0.15, 0.2) is 0 Å².